The van der Waals surface area contributed by atoms with E-state index in [2.05, 4.69) is 5.32 Å². The molecule has 1 saturated heterocycles. The van der Waals surface area contributed by atoms with E-state index in [0.717, 1.165) is 19.3 Å². The van der Waals surface area contributed by atoms with Gasteiger partial charge in [-0.3, -0.25) is 4.79 Å². The van der Waals surface area contributed by atoms with Crippen molar-refractivity contribution in [3.8, 4) is 0 Å². The zero-order valence-corrected chi connectivity index (χ0v) is 17.7. The summed E-state index contributed by atoms with van der Waals surface area (Å²) in [4.78, 5) is 12.8. The Morgan fingerprint density at radius 1 is 1.04 bits per heavy atom. The van der Waals surface area contributed by atoms with Crippen LogP contribution in [0.3, 0.4) is 0 Å². The molecule has 0 spiro atoms. The smallest absolute Gasteiger partial charge is 0.243 e. The van der Waals surface area contributed by atoms with Crippen LogP contribution in [-0.2, 0) is 14.8 Å². The van der Waals surface area contributed by atoms with Crippen LogP contribution in [0.25, 0.3) is 0 Å². The summed E-state index contributed by atoms with van der Waals surface area (Å²) in [6.45, 7) is 3.14. The van der Waals surface area contributed by atoms with Crippen LogP contribution in [0.15, 0.2) is 29.2 Å². The maximum Gasteiger partial charge on any atom is 0.243 e. The summed E-state index contributed by atoms with van der Waals surface area (Å²) in [5.74, 6) is -0.0165. The first-order chi connectivity index (χ1) is 13.0. The van der Waals surface area contributed by atoms with Gasteiger partial charge in [-0.25, -0.2) is 8.42 Å². The van der Waals surface area contributed by atoms with E-state index in [0.29, 0.717) is 28.9 Å². The highest BCUT2D eigenvalue weighted by molar-refractivity contribution is 8.01. The fraction of sp³-hybridized carbons (Fsp3) is 0.650. The first-order valence-corrected chi connectivity index (χ1v) is 12.4. The minimum Gasteiger partial charge on any atom is -0.325 e. The highest BCUT2D eigenvalue weighted by Gasteiger charge is 2.26. The fourth-order valence-electron chi connectivity index (χ4n) is 3.76. The van der Waals surface area contributed by atoms with Gasteiger partial charge >= 0.3 is 0 Å². The van der Waals surface area contributed by atoms with Gasteiger partial charge in [0.2, 0.25) is 15.9 Å². The Hall–Kier alpha value is -1.05. The number of rotatable bonds is 6. The van der Waals surface area contributed by atoms with Crippen molar-refractivity contribution in [1.82, 2.24) is 4.31 Å². The monoisotopic (exact) mass is 410 g/mol. The summed E-state index contributed by atoms with van der Waals surface area (Å²) in [7, 11) is -3.43. The molecule has 0 radical (unpaired) electrons. The lowest BCUT2D eigenvalue weighted by molar-refractivity contribution is -0.115. The summed E-state index contributed by atoms with van der Waals surface area (Å²) < 4.78 is 26.9. The molecule has 1 unspecified atom stereocenters. The van der Waals surface area contributed by atoms with Gasteiger partial charge in [0.15, 0.2) is 0 Å². The lowest BCUT2D eigenvalue weighted by atomic mass is 10.0. The second-order valence-electron chi connectivity index (χ2n) is 7.52. The normalized spacial score (nSPS) is 20.9. The molecule has 1 N–H and O–H groups in total. The van der Waals surface area contributed by atoms with Crippen molar-refractivity contribution in [3.05, 3.63) is 24.3 Å². The highest BCUT2D eigenvalue weighted by atomic mass is 32.2. The number of carbonyl (C=O) groups is 1. The van der Waals surface area contributed by atoms with Crippen LogP contribution in [0.4, 0.5) is 5.69 Å². The van der Waals surface area contributed by atoms with Crippen molar-refractivity contribution in [2.75, 3.05) is 18.4 Å². The Morgan fingerprint density at radius 3 is 2.26 bits per heavy atom. The number of anilines is 1. The highest BCUT2D eigenvalue weighted by Crippen LogP contribution is 2.31. The van der Waals surface area contributed by atoms with E-state index in [1.165, 1.54) is 32.1 Å². The molecular weight excluding hydrogens is 380 g/mol. The van der Waals surface area contributed by atoms with Gasteiger partial charge in [-0.1, -0.05) is 25.7 Å². The van der Waals surface area contributed by atoms with Gasteiger partial charge in [0.1, 0.15) is 0 Å². The Labute approximate surface area is 167 Å². The number of carbonyl (C=O) groups excluding carboxylic acids is 1. The van der Waals surface area contributed by atoms with E-state index < -0.39 is 10.0 Å². The third-order valence-corrected chi connectivity index (χ3v) is 8.78. The minimum atomic E-state index is -3.43. The van der Waals surface area contributed by atoms with Crippen molar-refractivity contribution in [3.63, 3.8) is 0 Å². The Bertz CT molecular complexity index is 722. The largest absolute Gasteiger partial charge is 0.325 e. The summed E-state index contributed by atoms with van der Waals surface area (Å²) in [5, 5.41) is 3.39. The van der Waals surface area contributed by atoms with E-state index >= 15 is 0 Å². The second kappa shape index (κ2) is 9.43. The molecule has 0 bridgehead atoms. The van der Waals surface area contributed by atoms with Gasteiger partial charge in [0, 0.05) is 24.0 Å². The fourth-order valence-corrected chi connectivity index (χ4v) is 6.64. The van der Waals surface area contributed by atoms with Crippen LogP contribution in [0.2, 0.25) is 0 Å². The van der Waals surface area contributed by atoms with Gasteiger partial charge < -0.3 is 5.32 Å². The predicted molar refractivity (Wildman–Crippen MR) is 112 cm³/mol. The first kappa shape index (κ1) is 20.7. The van der Waals surface area contributed by atoms with E-state index in [4.69, 9.17) is 0 Å². The molecule has 3 rings (SSSR count). The Balaban J connectivity index is 1.57. The number of nitrogens with one attached hydrogen (secondary N) is 1. The van der Waals surface area contributed by atoms with Crippen molar-refractivity contribution >= 4 is 33.4 Å². The molecule has 5 nitrogen and oxygen atoms in total. The van der Waals surface area contributed by atoms with Crippen LogP contribution < -0.4 is 5.32 Å². The lowest BCUT2D eigenvalue weighted by Gasteiger charge is -2.26. The molecule has 1 saturated carbocycles. The van der Waals surface area contributed by atoms with Crippen LogP contribution in [0.1, 0.15) is 58.3 Å². The van der Waals surface area contributed by atoms with Gasteiger partial charge in [-0.2, -0.15) is 4.31 Å². The molecule has 2 fully saturated rings. The summed E-state index contributed by atoms with van der Waals surface area (Å²) in [6.07, 6.45) is 9.17. The molecule has 27 heavy (non-hydrogen) atoms. The quantitative estimate of drug-likeness (QED) is 0.761. The maximum absolute atomic E-state index is 12.7. The van der Waals surface area contributed by atoms with E-state index in [-0.39, 0.29) is 11.2 Å². The molecule has 1 aromatic carbocycles. The summed E-state index contributed by atoms with van der Waals surface area (Å²) in [5.41, 5.74) is 0.647. The number of benzene rings is 1. The SMILES string of the molecule is CC(SC1CCCCC1)C(=O)Nc1ccc(S(=O)(=O)N2CCCCC2)cc1. The number of amides is 1. The third-order valence-electron chi connectivity index (χ3n) is 5.39. The molecule has 1 amide bonds. The Morgan fingerprint density at radius 2 is 1.63 bits per heavy atom. The van der Waals surface area contributed by atoms with Crippen molar-refractivity contribution in [2.45, 2.75) is 73.7 Å². The van der Waals surface area contributed by atoms with Gasteiger partial charge in [-0.15, -0.1) is 11.8 Å². The second-order valence-corrected chi connectivity index (χ2v) is 11.1. The molecule has 7 heteroatoms. The van der Waals surface area contributed by atoms with Crippen molar-refractivity contribution in [1.29, 1.82) is 0 Å². The topological polar surface area (TPSA) is 66.5 Å². The van der Waals surface area contributed by atoms with E-state index in [1.54, 1.807) is 40.3 Å². The maximum atomic E-state index is 12.7. The van der Waals surface area contributed by atoms with Gasteiger partial charge in [-0.05, 0) is 56.9 Å². The van der Waals surface area contributed by atoms with E-state index in [1.807, 2.05) is 6.92 Å². The average molecular weight is 411 g/mol. The molecule has 1 atom stereocenters. The van der Waals surface area contributed by atoms with Crippen LogP contribution in [0, 0.1) is 0 Å². The zero-order valence-electron chi connectivity index (χ0n) is 16.0. The standard InChI is InChI=1S/C20H30N2O3S2/c1-16(26-18-8-4-2-5-9-18)20(23)21-17-10-12-19(13-11-17)27(24,25)22-14-6-3-7-15-22/h10-13,16,18H,2-9,14-15H2,1H3,(H,21,23). The summed E-state index contributed by atoms with van der Waals surface area (Å²) in [6, 6.07) is 6.57. The lowest BCUT2D eigenvalue weighted by Crippen LogP contribution is -2.35. The number of piperidine rings is 1. The average Bonchev–Trinajstić information content (AvgIpc) is 2.70. The number of hydrogen-bond donors (Lipinski definition) is 1. The van der Waals surface area contributed by atoms with Gasteiger partial charge in [0.25, 0.3) is 0 Å². The first-order valence-electron chi connectivity index (χ1n) is 10.0. The molecule has 2 aliphatic rings. The molecule has 1 aromatic rings. The van der Waals surface area contributed by atoms with Crippen LogP contribution in [-0.4, -0.2) is 42.2 Å². The number of sulfonamides is 1. The van der Waals surface area contributed by atoms with Crippen LogP contribution >= 0.6 is 11.8 Å². The third kappa shape index (κ3) is 5.48. The number of nitrogens with zero attached hydrogens (tertiary/aromatic N) is 1. The minimum absolute atomic E-state index is 0.0165. The molecule has 1 aliphatic carbocycles. The van der Waals surface area contributed by atoms with Crippen LogP contribution in [0.5, 0.6) is 0 Å². The van der Waals surface area contributed by atoms with Crippen molar-refractivity contribution < 1.29 is 13.2 Å². The molecule has 1 heterocycles. The zero-order chi connectivity index (χ0) is 19.3. The Kier molecular flexibility index (Phi) is 7.22. The molecule has 1 aliphatic heterocycles. The van der Waals surface area contributed by atoms with Crippen molar-refractivity contribution in [2.24, 2.45) is 0 Å². The van der Waals surface area contributed by atoms with Gasteiger partial charge in [0.05, 0.1) is 10.1 Å². The summed E-state index contributed by atoms with van der Waals surface area (Å²) >= 11 is 1.76. The number of thioether (sulfide) groups is 1. The molecule has 0 aromatic heterocycles. The molecular formula is C20H30N2O3S2. The predicted octanol–water partition coefficient (Wildman–Crippen LogP) is 4.25. The van der Waals surface area contributed by atoms with E-state index in [9.17, 15) is 13.2 Å². The number of hydrogen-bond acceptors (Lipinski definition) is 4. The molecule has 150 valence electrons.